The van der Waals surface area contributed by atoms with Gasteiger partial charge in [0.15, 0.2) is 0 Å². The average Bonchev–Trinajstić information content (AvgIpc) is 2.62. The summed E-state index contributed by atoms with van der Waals surface area (Å²) in [5.74, 6) is 0.646. The van der Waals surface area contributed by atoms with E-state index >= 15 is 0 Å². The maximum absolute atomic E-state index is 8.91. The van der Waals surface area contributed by atoms with E-state index in [-0.39, 0.29) is 5.41 Å². The highest BCUT2D eigenvalue weighted by Gasteiger charge is 2.50. The highest BCUT2D eigenvalue weighted by atomic mass is 16.3. The van der Waals surface area contributed by atoms with Crippen LogP contribution in [0.3, 0.4) is 0 Å². The third kappa shape index (κ3) is 0.583. The van der Waals surface area contributed by atoms with E-state index in [0.717, 1.165) is 6.42 Å². The summed E-state index contributed by atoms with van der Waals surface area (Å²) < 4.78 is 0. The summed E-state index contributed by atoms with van der Waals surface area (Å²) in [4.78, 5) is 0. The van der Waals surface area contributed by atoms with Gasteiger partial charge in [0.05, 0.1) is 6.61 Å². The van der Waals surface area contributed by atoms with Crippen LogP contribution in [0.1, 0.15) is 6.42 Å². The van der Waals surface area contributed by atoms with Gasteiger partial charge in [-0.2, -0.15) is 0 Å². The van der Waals surface area contributed by atoms with Crippen molar-refractivity contribution in [3.05, 3.63) is 24.3 Å². The molecule has 2 unspecified atom stereocenters. The summed E-state index contributed by atoms with van der Waals surface area (Å²) >= 11 is 0. The summed E-state index contributed by atoms with van der Waals surface area (Å²) in [7, 11) is 0. The van der Waals surface area contributed by atoms with Crippen molar-refractivity contribution in [3.8, 4) is 0 Å². The molecule has 2 atom stereocenters. The van der Waals surface area contributed by atoms with Crippen LogP contribution in [-0.2, 0) is 0 Å². The highest BCUT2D eigenvalue weighted by Crippen LogP contribution is 2.55. The van der Waals surface area contributed by atoms with Crippen LogP contribution < -0.4 is 0 Å². The zero-order chi connectivity index (χ0) is 6.32. The molecule has 2 aliphatic carbocycles. The molecule has 1 nitrogen and oxygen atoms in total. The van der Waals surface area contributed by atoms with Gasteiger partial charge in [0.1, 0.15) is 0 Å². The molecule has 1 fully saturated rings. The van der Waals surface area contributed by atoms with Crippen molar-refractivity contribution >= 4 is 0 Å². The van der Waals surface area contributed by atoms with Gasteiger partial charge in [-0.25, -0.2) is 0 Å². The highest BCUT2D eigenvalue weighted by molar-refractivity contribution is 5.29. The number of aliphatic hydroxyl groups is 1. The van der Waals surface area contributed by atoms with Gasteiger partial charge in [-0.1, -0.05) is 24.3 Å². The fourth-order valence-corrected chi connectivity index (χ4v) is 1.48. The molecule has 0 radical (unpaired) electrons. The number of hydrogen-bond acceptors (Lipinski definition) is 1. The number of allylic oxidation sites excluding steroid dienone is 3. The zero-order valence-corrected chi connectivity index (χ0v) is 5.25. The van der Waals surface area contributed by atoms with Crippen molar-refractivity contribution in [1.82, 2.24) is 0 Å². The van der Waals surface area contributed by atoms with Crippen LogP contribution in [0.25, 0.3) is 0 Å². The second kappa shape index (κ2) is 1.48. The largest absolute Gasteiger partial charge is 0.395 e. The van der Waals surface area contributed by atoms with Crippen molar-refractivity contribution in [2.75, 3.05) is 6.61 Å². The Balaban J connectivity index is 2.23. The minimum Gasteiger partial charge on any atom is -0.395 e. The smallest absolute Gasteiger partial charge is 0.0528 e. The molecule has 2 aliphatic rings. The second-order valence-corrected chi connectivity index (χ2v) is 2.95. The first-order chi connectivity index (χ1) is 4.37. The monoisotopic (exact) mass is 122 g/mol. The van der Waals surface area contributed by atoms with E-state index in [1.165, 1.54) is 0 Å². The van der Waals surface area contributed by atoms with Crippen LogP contribution in [0.4, 0.5) is 0 Å². The molecule has 1 heteroatoms. The molecule has 0 aliphatic heterocycles. The van der Waals surface area contributed by atoms with E-state index in [2.05, 4.69) is 18.2 Å². The molecule has 0 amide bonds. The van der Waals surface area contributed by atoms with Crippen LogP contribution in [-0.4, -0.2) is 11.7 Å². The lowest BCUT2D eigenvalue weighted by molar-refractivity contribution is 0.235. The van der Waals surface area contributed by atoms with Crippen LogP contribution in [0.5, 0.6) is 0 Å². The van der Waals surface area contributed by atoms with E-state index in [4.69, 9.17) is 5.11 Å². The van der Waals surface area contributed by atoms with Crippen molar-refractivity contribution in [2.45, 2.75) is 6.42 Å². The Bertz CT molecular complexity index is 181. The first-order valence-electron chi connectivity index (χ1n) is 3.34. The summed E-state index contributed by atoms with van der Waals surface area (Å²) in [6, 6.07) is 0. The molecular weight excluding hydrogens is 112 g/mol. The molecule has 9 heavy (non-hydrogen) atoms. The Labute approximate surface area is 54.7 Å². The SMILES string of the molecule is OCC12C=CC=CC1C2. The zero-order valence-electron chi connectivity index (χ0n) is 5.25. The molecule has 1 N–H and O–H groups in total. The topological polar surface area (TPSA) is 20.2 Å². The van der Waals surface area contributed by atoms with Crippen molar-refractivity contribution in [1.29, 1.82) is 0 Å². The lowest BCUT2D eigenvalue weighted by Crippen LogP contribution is -2.06. The molecule has 0 spiro atoms. The van der Waals surface area contributed by atoms with Crippen LogP contribution in [0, 0.1) is 11.3 Å². The molecule has 0 aromatic heterocycles. The molecule has 0 saturated heterocycles. The summed E-state index contributed by atoms with van der Waals surface area (Å²) in [5, 5.41) is 8.91. The van der Waals surface area contributed by atoms with Crippen LogP contribution >= 0.6 is 0 Å². The van der Waals surface area contributed by atoms with E-state index < -0.39 is 0 Å². The van der Waals surface area contributed by atoms with Gasteiger partial charge in [0.25, 0.3) is 0 Å². The first kappa shape index (κ1) is 5.24. The molecule has 2 rings (SSSR count). The maximum Gasteiger partial charge on any atom is 0.0528 e. The minimum absolute atomic E-state index is 0.175. The summed E-state index contributed by atoms with van der Waals surface area (Å²) in [6.07, 6.45) is 9.54. The van der Waals surface area contributed by atoms with Gasteiger partial charge in [0.2, 0.25) is 0 Å². The predicted molar refractivity (Wildman–Crippen MR) is 35.9 cm³/mol. The molecule has 0 bridgehead atoms. The predicted octanol–water partition coefficient (Wildman–Crippen LogP) is 1.11. The van der Waals surface area contributed by atoms with E-state index in [0.29, 0.717) is 12.5 Å². The van der Waals surface area contributed by atoms with Crippen LogP contribution in [0.15, 0.2) is 24.3 Å². The first-order valence-corrected chi connectivity index (χ1v) is 3.34. The Hall–Kier alpha value is -0.560. The number of hydrogen-bond donors (Lipinski definition) is 1. The van der Waals surface area contributed by atoms with E-state index in [1.54, 1.807) is 0 Å². The standard InChI is InChI=1S/C8H10O/c9-6-8-4-2-1-3-7(8)5-8/h1-4,7,9H,5-6H2. The van der Waals surface area contributed by atoms with Gasteiger partial charge < -0.3 is 5.11 Å². The fourth-order valence-electron chi connectivity index (χ4n) is 1.48. The Kier molecular flexibility index (Phi) is 0.862. The van der Waals surface area contributed by atoms with Crippen molar-refractivity contribution < 1.29 is 5.11 Å². The van der Waals surface area contributed by atoms with E-state index in [1.807, 2.05) is 6.08 Å². The summed E-state index contributed by atoms with van der Waals surface area (Å²) in [5.41, 5.74) is 0.175. The molecule has 48 valence electrons. The number of rotatable bonds is 1. The Morgan fingerprint density at radius 1 is 1.56 bits per heavy atom. The second-order valence-electron chi connectivity index (χ2n) is 2.95. The number of fused-ring (bicyclic) bond motifs is 1. The normalized spacial score (nSPS) is 44.8. The number of aliphatic hydroxyl groups excluding tert-OH is 1. The fraction of sp³-hybridized carbons (Fsp3) is 0.500. The van der Waals surface area contributed by atoms with Crippen molar-refractivity contribution in [2.24, 2.45) is 11.3 Å². The van der Waals surface area contributed by atoms with Crippen molar-refractivity contribution in [3.63, 3.8) is 0 Å². The maximum atomic E-state index is 8.91. The quantitative estimate of drug-likeness (QED) is 0.552. The summed E-state index contributed by atoms with van der Waals surface area (Å²) in [6.45, 7) is 0.318. The minimum atomic E-state index is 0.175. The molecule has 1 saturated carbocycles. The van der Waals surface area contributed by atoms with Gasteiger partial charge in [0, 0.05) is 5.41 Å². The lowest BCUT2D eigenvalue weighted by Gasteiger charge is -2.07. The average molecular weight is 122 g/mol. The molecule has 0 aromatic rings. The van der Waals surface area contributed by atoms with Gasteiger partial charge >= 0.3 is 0 Å². The lowest BCUT2D eigenvalue weighted by atomic mass is 10.0. The third-order valence-electron chi connectivity index (χ3n) is 2.36. The molecular formula is C8H10O. The molecule has 0 aromatic carbocycles. The molecule has 0 heterocycles. The van der Waals surface area contributed by atoms with Gasteiger partial charge in [-0.3, -0.25) is 0 Å². The van der Waals surface area contributed by atoms with E-state index in [9.17, 15) is 0 Å². The Morgan fingerprint density at radius 3 is 3.00 bits per heavy atom. The third-order valence-corrected chi connectivity index (χ3v) is 2.36. The van der Waals surface area contributed by atoms with Gasteiger partial charge in [-0.05, 0) is 12.3 Å². The van der Waals surface area contributed by atoms with Gasteiger partial charge in [-0.15, -0.1) is 0 Å². The Morgan fingerprint density at radius 2 is 2.44 bits per heavy atom. The van der Waals surface area contributed by atoms with Crippen LogP contribution in [0.2, 0.25) is 0 Å².